The molecule has 1 aromatic heterocycles. The molecule has 0 spiro atoms. The summed E-state index contributed by atoms with van der Waals surface area (Å²) in [5.74, 6) is -1.60. The number of aromatic nitrogens is 1. The number of aryl methyl sites for hydroxylation is 3. The molecule has 1 fully saturated rings. The number of hydrogen-bond donors (Lipinski definition) is 0. The van der Waals surface area contributed by atoms with Gasteiger partial charge in [-0.1, -0.05) is 6.07 Å². The van der Waals surface area contributed by atoms with Crippen LogP contribution in [0.4, 0.5) is 8.78 Å². The molecule has 0 aliphatic carbocycles. The lowest BCUT2D eigenvalue weighted by Crippen LogP contribution is -2.43. The third-order valence-electron chi connectivity index (χ3n) is 5.71. The van der Waals surface area contributed by atoms with E-state index in [0.717, 1.165) is 36.6 Å². The third-order valence-corrected chi connectivity index (χ3v) is 5.71. The molecule has 0 radical (unpaired) electrons. The first-order valence-corrected chi connectivity index (χ1v) is 9.68. The van der Waals surface area contributed by atoms with E-state index in [1.807, 2.05) is 13.0 Å². The maximum atomic E-state index is 13.4. The Hall–Kier alpha value is -2.50. The highest BCUT2D eigenvalue weighted by Gasteiger charge is 2.27. The van der Waals surface area contributed by atoms with E-state index in [-0.39, 0.29) is 22.9 Å². The van der Waals surface area contributed by atoms with Gasteiger partial charge < -0.3 is 9.47 Å². The minimum absolute atomic E-state index is 0.212. The van der Waals surface area contributed by atoms with Gasteiger partial charge in [-0.25, -0.2) is 8.78 Å². The zero-order valence-electron chi connectivity index (χ0n) is 16.6. The summed E-state index contributed by atoms with van der Waals surface area (Å²) in [5, 5.41) is 0. The molecule has 4 nitrogen and oxygen atoms in total. The van der Waals surface area contributed by atoms with Crippen molar-refractivity contribution in [3.63, 3.8) is 0 Å². The third kappa shape index (κ3) is 4.16. The topological polar surface area (TPSA) is 42.3 Å². The minimum Gasteiger partial charge on any atom is -0.338 e. The van der Waals surface area contributed by atoms with E-state index in [1.54, 1.807) is 24.9 Å². The second kappa shape index (κ2) is 8.25. The van der Waals surface area contributed by atoms with Gasteiger partial charge in [-0.2, -0.15) is 0 Å². The molecule has 0 saturated carbocycles. The van der Waals surface area contributed by atoms with Crippen LogP contribution in [0, 0.1) is 31.4 Å². The van der Waals surface area contributed by atoms with Gasteiger partial charge in [-0.15, -0.1) is 0 Å². The summed E-state index contributed by atoms with van der Waals surface area (Å²) < 4.78 is 27.9. The summed E-state index contributed by atoms with van der Waals surface area (Å²) in [6.07, 6.45) is 3.28. The van der Waals surface area contributed by atoms with Crippen LogP contribution in [0.15, 0.2) is 29.1 Å². The molecule has 2 heterocycles. The van der Waals surface area contributed by atoms with Crippen molar-refractivity contribution in [2.24, 2.45) is 13.0 Å². The molecule has 3 rings (SSSR count). The largest absolute Gasteiger partial charge is 0.338 e. The highest BCUT2D eigenvalue weighted by Crippen LogP contribution is 2.23. The van der Waals surface area contributed by atoms with Crippen molar-refractivity contribution in [2.45, 2.75) is 39.5 Å². The second-order valence-corrected chi connectivity index (χ2v) is 7.75. The lowest BCUT2D eigenvalue weighted by atomic mass is 9.91. The lowest BCUT2D eigenvalue weighted by Gasteiger charge is -2.33. The molecule has 1 amide bonds. The maximum Gasteiger partial charge on any atom is 0.263 e. The van der Waals surface area contributed by atoms with E-state index in [2.05, 4.69) is 0 Å². The van der Waals surface area contributed by atoms with Crippen LogP contribution in [0.3, 0.4) is 0 Å². The molecule has 1 unspecified atom stereocenters. The van der Waals surface area contributed by atoms with Gasteiger partial charge in [0.25, 0.3) is 11.5 Å². The van der Waals surface area contributed by atoms with Crippen molar-refractivity contribution in [1.29, 1.82) is 0 Å². The van der Waals surface area contributed by atoms with Gasteiger partial charge in [0, 0.05) is 25.8 Å². The smallest absolute Gasteiger partial charge is 0.263 e. The summed E-state index contributed by atoms with van der Waals surface area (Å²) in [6.45, 7) is 4.86. The highest BCUT2D eigenvalue weighted by molar-refractivity contribution is 5.95. The van der Waals surface area contributed by atoms with Crippen molar-refractivity contribution in [3.05, 3.63) is 68.6 Å². The number of pyridine rings is 1. The van der Waals surface area contributed by atoms with Crippen molar-refractivity contribution in [3.8, 4) is 0 Å². The van der Waals surface area contributed by atoms with Crippen LogP contribution in [0.2, 0.25) is 0 Å². The average molecular weight is 388 g/mol. The van der Waals surface area contributed by atoms with Gasteiger partial charge in [0.05, 0.1) is 0 Å². The molecule has 2 aromatic rings. The fraction of sp³-hybridized carbons (Fsp3) is 0.455. The zero-order chi connectivity index (χ0) is 20.4. The fourth-order valence-electron chi connectivity index (χ4n) is 3.95. The molecule has 28 heavy (non-hydrogen) atoms. The fourth-order valence-corrected chi connectivity index (χ4v) is 3.95. The molecule has 0 N–H and O–H groups in total. The number of rotatable bonds is 4. The number of carbonyl (C=O) groups is 1. The molecule has 150 valence electrons. The molecule has 0 bridgehead atoms. The number of piperidine rings is 1. The molecule has 1 aliphatic heterocycles. The first-order valence-electron chi connectivity index (χ1n) is 9.68. The Kier molecular flexibility index (Phi) is 5.96. The monoisotopic (exact) mass is 388 g/mol. The van der Waals surface area contributed by atoms with Gasteiger partial charge in [-0.05, 0) is 74.8 Å². The summed E-state index contributed by atoms with van der Waals surface area (Å²) in [6, 6.07) is 5.85. The number of benzene rings is 1. The van der Waals surface area contributed by atoms with Gasteiger partial charge in [0.1, 0.15) is 5.56 Å². The maximum absolute atomic E-state index is 13.4. The van der Waals surface area contributed by atoms with Crippen molar-refractivity contribution in [1.82, 2.24) is 9.47 Å². The summed E-state index contributed by atoms with van der Waals surface area (Å²) in [7, 11) is 1.68. The number of nitrogens with zero attached hydrogens (tertiary/aromatic N) is 2. The minimum atomic E-state index is -0.840. The van der Waals surface area contributed by atoms with Crippen LogP contribution in [-0.2, 0) is 13.5 Å². The van der Waals surface area contributed by atoms with Gasteiger partial charge in [0.15, 0.2) is 11.6 Å². The molecular formula is C22H26F2N2O2. The van der Waals surface area contributed by atoms with Crippen molar-refractivity contribution in [2.75, 3.05) is 13.1 Å². The summed E-state index contributed by atoms with van der Waals surface area (Å²) in [4.78, 5) is 27.4. The lowest BCUT2D eigenvalue weighted by molar-refractivity contribution is 0.0665. The Morgan fingerprint density at radius 1 is 1.18 bits per heavy atom. The first-order chi connectivity index (χ1) is 13.3. The second-order valence-electron chi connectivity index (χ2n) is 7.75. The van der Waals surface area contributed by atoms with Crippen LogP contribution >= 0.6 is 0 Å². The van der Waals surface area contributed by atoms with E-state index < -0.39 is 11.6 Å². The molecule has 1 aromatic carbocycles. The molecular weight excluding hydrogens is 362 g/mol. The van der Waals surface area contributed by atoms with Crippen molar-refractivity contribution >= 4 is 5.91 Å². The number of amides is 1. The van der Waals surface area contributed by atoms with Crippen LogP contribution < -0.4 is 5.56 Å². The van der Waals surface area contributed by atoms with Gasteiger partial charge in [-0.3, -0.25) is 9.59 Å². The quantitative estimate of drug-likeness (QED) is 0.800. The number of likely N-dealkylation sites (tertiary alicyclic amines) is 1. The Balaban J connectivity index is 1.69. The first kappa shape index (κ1) is 20.2. The molecule has 1 saturated heterocycles. The predicted molar refractivity (Wildman–Crippen MR) is 104 cm³/mol. The van der Waals surface area contributed by atoms with Gasteiger partial charge >= 0.3 is 0 Å². The predicted octanol–water partition coefficient (Wildman–Crippen LogP) is 3.77. The Bertz CT molecular complexity index is 952. The normalized spacial score (nSPS) is 17.0. The summed E-state index contributed by atoms with van der Waals surface area (Å²) in [5.41, 5.74) is 2.27. The Morgan fingerprint density at radius 2 is 1.93 bits per heavy atom. The SMILES string of the molecule is Cc1cc(C)n(C)c(=O)c1C(=O)N1CCCC(CCc2ccc(F)c(F)c2)C1. The standard InChI is InChI=1S/C22H26F2N2O2/c1-14-11-15(2)25(3)21(27)20(14)22(28)26-10-4-5-17(13-26)7-6-16-8-9-18(23)19(24)12-16/h8-9,11-12,17H,4-7,10,13H2,1-3H3. The van der Waals surface area contributed by atoms with E-state index in [9.17, 15) is 18.4 Å². The molecule has 6 heteroatoms. The van der Waals surface area contributed by atoms with E-state index in [4.69, 9.17) is 0 Å². The number of carbonyl (C=O) groups excluding carboxylic acids is 1. The summed E-state index contributed by atoms with van der Waals surface area (Å²) >= 11 is 0. The molecule has 1 atom stereocenters. The van der Waals surface area contributed by atoms with Crippen molar-refractivity contribution < 1.29 is 13.6 Å². The van der Waals surface area contributed by atoms with Gasteiger partial charge in [0.2, 0.25) is 0 Å². The Labute approximate surface area is 163 Å². The highest BCUT2D eigenvalue weighted by atomic mass is 19.2. The van der Waals surface area contributed by atoms with Crippen LogP contribution in [0.1, 0.15) is 46.4 Å². The molecule has 1 aliphatic rings. The van der Waals surface area contributed by atoms with Crippen LogP contribution in [-0.4, -0.2) is 28.5 Å². The van der Waals surface area contributed by atoms with Crippen LogP contribution in [0.25, 0.3) is 0 Å². The van der Waals surface area contributed by atoms with E-state index in [1.165, 1.54) is 10.6 Å². The number of hydrogen-bond acceptors (Lipinski definition) is 2. The number of halogens is 2. The average Bonchev–Trinajstić information content (AvgIpc) is 2.67. The zero-order valence-corrected chi connectivity index (χ0v) is 16.6. The van der Waals surface area contributed by atoms with E-state index in [0.29, 0.717) is 25.1 Å². The van der Waals surface area contributed by atoms with Crippen LogP contribution in [0.5, 0.6) is 0 Å². The van der Waals surface area contributed by atoms with E-state index >= 15 is 0 Å². The Morgan fingerprint density at radius 3 is 2.64 bits per heavy atom.